The van der Waals surface area contributed by atoms with Crippen LogP contribution < -0.4 is 21.3 Å². The molecule has 4 aliphatic heterocycles. The van der Waals surface area contributed by atoms with Crippen molar-refractivity contribution < 1.29 is 23.9 Å². The number of anilines is 2. The summed E-state index contributed by atoms with van der Waals surface area (Å²) in [6.45, 7) is 19.2. The number of rotatable bonds is 10. The highest BCUT2D eigenvalue weighted by Crippen LogP contribution is 2.36. The average molecular weight is 847 g/mol. The minimum atomic E-state index is -0.430. The van der Waals surface area contributed by atoms with Crippen molar-refractivity contribution in [2.75, 3.05) is 62.2 Å². The van der Waals surface area contributed by atoms with E-state index >= 15 is 0 Å². The van der Waals surface area contributed by atoms with Gasteiger partial charge in [0.05, 0.1) is 4.99 Å². The molecule has 11 nitrogen and oxygen atoms in total. The average Bonchev–Trinajstić information content (AvgIpc) is 3.22. The van der Waals surface area contributed by atoms with E-state index < -0.39 is 11.2 Å². The first kappa shape index (κ1) is 47.0. The number of nitrogens with zero attached hydrogens (tertiary/aromatic N) is 4. The minimum absolute atomic E-state index is 0.160. The number of benzene rings is 2. The summed E-state index contributed by atoms with van der Waals surface area (Å²) in [4.78, 5) is 44.8. The van der Waals surface area contributed by atoms with Gasteiger partial charge in [0.1, 0.15) is 11.2 Å². The quantitative estimate of drug-likeness (QED) is 0.225. The Hall–Kier alpha value is -4.06. The lowest BCUT2D eigenvalue weighted by molar-refractivity contribution is -0.118. The molecule has 0 aromatic heterocycles. The zero-order valence-corrected chi connectivity index (χ0v) is 38.3. The van der Waals surface area contributed by atoms with E-state index in [2.05, 4.69) is 58.3 Å². The Bertz CT molecular complexity index is 1550. The molecule has 0 radical (unpaired) electrons. The first-order chi connectivity index (χ1) is 28.4. The lowest BCUT2D eigenvalue weighted by Gasteiger charge is -2.41. The number of carbonyl (C=O) groups is 3. The predicted octanol–water partition coefficient (Wildman–Crippen LogP) is 8.74. The molecular formula is C48H74N6O5S. The van der Waals surface area contributed by atoms with Crippen molar-refractivity contribution in [1.82, 2.24) is 9.80 Å². The van der Waals surface area contributed by atoms with Gasteiger partial charge in [-0.25, -0.2) is 9.59 Å². The lowest BCUT2D eigenvalue weighted by Crippen LogP contribution is -2.44. The van der Waals surface area contributed by atoms with Crippen LogP contribution in [-0.2, 0) is 27.1 Å². The summed E-state index contributed by atoms with van der Waals surface area (Å²) < 4.78 is 11.0. The Morgan fingerprint density at radius 2 is 0.833 bits per heavy atom. The molecule has 4 saturated heterocycles. The normalized spacial score (nSPS) is 19.0. The molecule has 4 fully saturated rings. The van der Waals surface area contributed by atoms with Gasteiger partial charge in [0.25, 0.3) is 0 Å². The van der Waals surface area contributed by atoms with Crippen molar-refractivity contribution >= 4 is 46.7 Å². The van der Waals surface area contributed by atoms with Crippen LogP contribution in [-0.4, -0.2) is 96.4 Å². The Morgan fingerprint density at radius 1 is 0.533 bits per heavy atom. The molecule has 4 N–H and O–H groups in total. The van der Waals surface area contributed by atoms with Crippen molar-refractivity contribution in [3.8, 4) is 0 Å². The maximum Gasteiger partial charge on any atom is 0.410 e. The Morgan fingerprint density at radius 3 is 1.12 bits per heavy atom. The largest absolute Gasteiger partial charge is 0.444 e. The van der Waals surface area contributed by atoms with E-state index in [1.807, 2.05) is 51.3 Å². The molecule has 60 heavy (non-hydrogen) atoms. The molecule has 0 bridgehead atoms. The fourth-order valence-electron chi connectivity index (χ4n) is 9.30. The molecule has 0 saturated carbocycles. The molecule has 6 rings (SSSR count). The fraction of sp³-hybridized carbons (Fsp3) is 0.667. The lowest BCUT2D eigenvalue weighted by atomic mass is 9.79. The number of amides is 3. The summed E-state index contributed by atoms with van der Waals surface area (Å²) in [6.07, 6.45) is 11.7. The summed E-state index contributed by atoms with van der Waals surface area (Å²) in [5.41, 5.74) is 15.0. The monoisotopic (exact) mass is 847 g/mol. The Balaban J connectivity index is 0.000000228. The maximum absolute atomic E-state index is 12.3. The molecule has 0 atom stereocenters. The van der Waals surface area contributed by atoms with Gasteiger partial charge in [0, 0.05) is 76.6 Å². The minimum Gasteiger partial charge on any atom is -0.444 e. The molecule has 3 amide bonds. The summed E-state index contributed by atoms with van der Waals surface area (Å²) >= 11 is 4.97. The van der Waals surface area contributed by atoms with E-state index in [4.69, 9.17) is 33.2 Å². The van der Waals surface area contributed by atoms with Crippen LogP contribution in [0.15, 0.2) is 48.5 Å². The zero-order valence-electron chi connectivity index (χ0n) is 37.5. The molecule has 12 heteroatoms. The van der Waals surface area contributed by atoms with Crippen LogP contribution in [0.2, 0.25) is 0 Å². The first-order valence-electron chi connectivity index (χ1n) is 22.6. The number of primary amides is 1. The van der Waals surface area contributed by atoms with Gasteiger partial charge >= 0.3 is 12.2 Å². The van der Waals surface area contributed by atoms with Gasteiger partial charge in [0.15, 0.2) is 0 Å². The molecule has 0 aliphatic carbocycles. The summed E-state index contributed by atoms with van der Waals surface area (Å²) in [5.74, 6) is 2.71. The number of nitrogens with two attached hydrogens (primary N) is 2. The van der Waals surface area contributed by atoms with E-state index in [9.17, 15) is 14.4 Å². The highest BCUT2D eigenvalue weighted by Gasteiger charge is 2.34. The summed E-state index contributed by atoms with van der Waals surface area (Å²) in [6, 6.07) is 17.4. The van der Waals surface area contributed by atoms with E-state index in [1.54, 1.807) is 0 Å². The van der Waals surface area contributed by atoms with E-state index in [-0.39, 0.29) is 18.1 Å². The SMILES string of the molecule is CC(C)(C)OC(=O)N1CCC(C2CCN(c3ccc(CCC(N)=O)cc3)CC2)CC1.CC(C)(C)OC(=O)N1CCC(C2CCN(c3ccc(CCC(N)=S)cc3)CC2)CC1. The Labute approximate surface area is 365 Å². The number of carbonyl (C=O) groups excluding carboxylic acids is 3. The first-order valence-corrected chi connectivity index (χ1v) is 23.0. The van der Waals surface area contributed by atoms with Gasteiger partial charge in [-0.05, 0) is 165 Å². The highest BCUT2D eigenvalue weighted by atomic mass is 32.1. The van der Waals surface area contributed by atoms with Crippen LogP contribution in [0.25, 0.3) is 0 Å². The number of hydrogen-bond acceptors (Lipinski definition) is 8. The number of thiocarbonyl (C=S) groups is 1. The van der Waals surface area contributed by atoms with Crippen molar-refractivity contribution in [2.24, 2.45) is 35.1 Å². The summed E-state index contributed by atoms with van der Waals surface area (Å²) in [5, 5.41) is 0. The number of piperidine rings is 4. The van der Waals surface area contributed by atoms with Crippen LogP contribution in [0.4, 0.5) is 21.0 Å². The second-order valence-corrected chi connectivity index (χ2v) is 20.0. The maximum atomic E-state index is 12.3. The summed E-state index contributed by atoms with van der Waals surface area (Å²) in [7, 11) is 0. The van der Waals surface area contributed by atoms with Gasteiger partial charge in [-0.1, -0.05) is 36.5 Å². The van der Waals surface area contributed by atoms with Crippen LogP contribution in [0, 0.1) is 23.7 Å². The molecule has 4 aliphatic rings. The Kier molecular flexibility index (Phi) is 17.0. The molecular weight excluding hydrogens is 773 g/mol. The van der Waals surface area contributed by atoms with Crippen molar-refractivity contribution in [1.29, 1.82) is 0 Å². The van der Waals surface area contributed by atoms with E-state index in [0.717, 1.165) is 114 Å². The van der Waals surface area contributed by atoms with Crippen molar-refractivity contribution in [3.63, 3.8) is 0 Å². The smallest absolute Gasteiger partial charge is 0.410 e. The molecule has 332 valence electrons. The highest BCUT2D eigenvalue weighted by molar-refractivity contribution is 7.80. The second-order valence-electron chi connectivity index (χ2n) is 19.5. The van der Waals surface area contributed by atoms with Crippen LogP contribution in [0.5, 0.6) is 0 Å². The van der Waals surface area contributed by atoms with Crippen molar-refractivity contribution in [3.05, 3.63) is 59.7 Å². The number of hydrogen-bond donors (Lipinski definition) is 2. The van der Waals surface area contributed by atoms with Crippen LogP contribution >= 0.6 is 12.2 Å². The number of ether oxygens (including phenoxy) is 2. The second kappa shape index (κ2) is 21.6. The van der Waals surface area contributed by atoms with Crippen LogP contribution in [0.3, 0.4) is 0 Å². The third-order valence-corrected chi connectivity index (χ3v) is 12.9. The van der Waals surface area contributed by atoms with Gasteiger partial charge < -0.3 is 40.5 Å². The van der Waals surface area contributed by atoms with E-state index in [1.165, 1.54) is 42.6 Å². The standard InChI is InChI=1S/C24H37N3O3.C24H37N3O2S/c1-24(2,3)30-23(29)27-16-12-20(13-17-27)19-10-14-26(15-11-19)21-7-4-18(5-8-21)6-9-22(25)28;1-24(2,3)29-23(28)27-16-12-20(13-17-27)19-10-14-26(15-11-19)21-7-4-18(5-8-21)6-9-22(25)30/h4-5,7-8,19-20H,6,9-17H2,1-3H3,(H2,25,28);4-5,7-8,19-20H,6,9-17H2,1-3H3,(H2,25,30). The topological polar surface area (TPSA) is 135 Å². The third kappa shape index (κ3) is 15.1. The van der Waals surface area contributed by atoms with Crippen LogP contribution in [0.1, 0.15) is 117 Å². The number of likely N-dealkylation sites (tertiary alicyclic amines) is 2. The van der Waals surface area contributed by atoms with E-state index in [0.29, 0.717) is 23.7 Å². The van der Waals surface area contributed by atoms with Gasteiger partial charge in [-0.2, -0.15) is 0 Å². The van der Waals surface area contributed by atoms with Gasteiger partial charge in [0.2, 0.25) is 5.91 Å². The third-order valence-electron chi connectivity index (χ3n) is 12.7. The van der Waals surface area contributed by atoms with Gasteiger partial charge in [-0.15, -0.1) is 0 Å². The molecule has 0 spiro atoms. The molecule has 4 heterocycles. The van der Waals surface area contributed by atoms with Crippen molar-refractivity contribution in [2.45, 2.75) is 130 Å². The zero-order chi connectivity index (χ0) is 43.5. The number of aryl methyl sites for hydroxylation is 2. The fourth-order valence-corrected chi connectivity index (χ4v) is 9.40. The molecule has 2 aromatic carbocycles. The predicted molar refractivity (Wildman–Crippen MR) is 246 cm³/mol. The molecule has 2 aromatic rings. The molecule has 0 unspecified atom stereocenters. The van der Waals surface area contributed by atoms with Gasteiger partial charge in [-0.3, -0.25) is 4.79 Å².